The Hall–Kier alpha value is -1.44. The van der Waals surface area contributed by atoms with Gasteiger partial charge in [-0.25, -0.2) is 8.78 Å². The predicted molar refractivity (Wildman–Crippen MR) is 75.0 cm³/mol. The quantitative estimate of drug-likeness (QED) is 0.272. The number of hydrogen-bond acceptors (Lipinski definition) is 2. The molecule has 15 heteroatoms. The second-order valence-electron chi connectivity index (χ2n) is 6.95. The summed E-state index contributed by atoms with van der Waals surface area (Å²) in [4.78, 5) is 11.6. The molecule has 0 N–H and O–H groups in total. The number of alkyl halides is 13. The first kappa shape index (κ1) is 28.6. The van der Waals surface area contributed by atoms with Gasteiger partial charge in [0.2, 0.25) is 0 Å². The molecule has 2 nitrogen and oxygen atoms in total. The predicted octanol–water partition coefficient (Wildman–Crippen LogP) is 6.34. The molecule has 180 valence electrons. The highest BCUT2D eigenvalue weighted by atomic mass is 19.4. The van der Waals surface area contributed by atoms with Crippen LogP contribution in [-0.2, 0) is 9.53 Å². The Bertz CT molecular complexity index is 596. The van der Waals surface area contributed by atoms with Crippen molar-refractivity contribution < 1.29 is 66.6 Å². The fourth-order valence-electron chi connectivity index (χ4n) is 1.93. The van der Waals surface area contributed by atoms with E-state index in [0.717, 1.165) is 0 Å². The van der Waals surface area contributed by atoms with Crippen LogP contribution in [-0.4, -0.2) is 48.9 Å². The van der Waals surface area contributed by atoms with E-state index in [1.807, 2.05) is 0 Å². The van der Waals surface area contributed by atoms with E-state index in [1.165, 1.54) is 20.8 Å². The van der Waals surface area contributed by atoms with Gasteiger partial charge in [0, 0.05) is 0 Å². The molecule has 0 aliphatic rings. The lowest BCUT2D eigenvalue weighted by Crippen LogP contribution is -2.67. The van der Waals surface area contributed by atoms with Crippen LogP contribution in [0.5, 0.6) is 0 Å². The van der Waals surface area contributed by atoms with Crippen molar-refractivity contribution in [3.05, 3.63) is 0 Å². The molecular weight excluding hydrogens is 459 g/mol. The summed E-state index contributed by atoms with van der Waals surface area (Å²) >= 11 is 0. The van der Waals surface area contributed by atoms with Crippen molar-refractivity contribution in [2.45, 2.75) is 69.9 Å². The second-order valence-corrected chi connectivity index (χ2v) is 6.95. The normalized spacial score (nSPS) is 16.0. The summed E-state index contributed by atoms with van der Waals surface area (Å²) in [6.45, 7) is 2.27. The highest BCUT2D eigenvalue weighted by molar-refractivity contribution is 5.75. The molecule has 0 saturated heterocycles. The largest absolute Gasteiger partial charge is 0.465 e. The van der Waals surface area contributed by atoms with Crippen LogP contribution in [0.15, 0.2) is 0 Å². The smallest absolute Gasteiger partial charge is 0.397 e. The summed E-state index contributed by atoms with van der Waals surface area (Å²) in [5.41, 5.74) is -1.33. The molecule has 0 aromatic rings. The molecule has 0 spiro atoms. The van der Waals surface area contributed by atoms with Crippen LogP contribution < -0.4 is 0 Å². The summed E-state index contributed by atoms with van der Waals surface area (Å²) in [5.74, 6) is -35.1. The van der Waals surface area contributed by atoms with Gasteiger partial charge in [-0.15, -0.1) is 0 Å². The van der Waals surface area contributed by atoms with E-state index in [1.54, 1.807) is 0 Å². The maximum absolute atomic E-state index is 13.8. The zero-order valence-electron chi connectivity index (χ0n) is 15.5. The van der Waals surface area contributed by atoms with Crippen LogP contribution in [0, 0.1) is 11.3 Å². The molecule has 0 radical (unpaired) electrons. The second kappa shape index (κ2) is 8.60. The Morgan fingerprint density at radius 3 is 1.53 bits per heavy atom. The molecule has 30 heavy (non-hydrogen) atoms. The van der Waals surface area contributed by atoms with Crippen LogP contribution in [0.4, 0.5) is 57.1 Å². The maximum atomic E-state index is 13.8. The number of halogens is 13. The van der Waals surface area contributed by atoms with Gasteiger partial charge in [-0.1, -0.05) is 6.92 Å². The lowest BCUT2D eigenvalue weighted by Gasteiger charge is -2.40. The van der Waals surface area contributed by atoms with Gasteiger partial charge in [-0.2, -0.15) is 48.3 Å². The zero-order chi connectivity index (χ0) is 24.6. The molecule has 0 bridgehead atoms. The van der Waals surface area contributed by atoms with E-state index in [2.05, 4.69) is 4.74 Å². The molecule has 0 saturated carbocycles. The Labute approximate surface area is 161 Å². The minimum atomic E-state index is -7.55. The third-order valence-electron chi connectivity index (χ3n) is 4.41. The van der Waals surface area contributed by atoms with E-state index >= 15 is 0 Å². The van der Waals surface area contributed by atoms with Gasteiger partial charge in [0.05, 0.1) is 12.0 Å². The number of rotatable bonds is 10. The van der Waals surface area contributed by atoms with Gasteiger partial charge in [-0.3, -0.25) is 4.79 Å². The lowest BCUT2D eigenvalue weighted by atomic mass is 9.87. The molecule has 0 aliphatic carbocycles. The number of carbonyl (C=O) groups is 1. The number of carbonyl (C=O) groups excluding carboxylic acids is 1. The lowest BCUT2D eigenvalue weighted by molar-refractivity contribution is -0.405. The average molecular weight is 476 g/mol. The van der Waals surface area contributed by atoms with Crippen molar-refractivity contribution >= 4 is 5.97 Å². The van der Waals surface area contributed by atoms with Gasteiger partial charge < -0.3 is 4.74 Å². The summed E-state index contributed by atoms with van der Waals surface area (Å²) in [6.07, 6.45) is -14.1. The van der Waals surface area contributed by atoms with E-state index in [0.29, 0.717) is 0 Å². The van der Waals surface area contributed by atoms with Crippen molar-refractivity contribution in [1.82, 2.24) is 0 Å². The van der Waals surface area contributed by atoms with Gasteiger partial charge in [-0.05, 0) is 26.7 Å². The number of hydrogen-bond donors (Lipinski definition) is 0. The van der Waals surface area contributed by atoms with Crippen molar-refractivity contribution in [1.29, 1.82) is 0 Å². The van der Waals surface area contributed by atoms with E-state index in [4.69, 9.17) is 0 Å². The average Bonchev–Trinajstić information content (AvgIpc) is 2.56. The van der Waals surface area contributed by atoms with Crippen LogP contribution in [0.2, 0.25) is 0 Å². The standard InChI is InChI=1S/C15H17F13O2/c1-4-10(2,3)9(29)30-6-5-7(13(22,23)24)11(18,19)14(25,26)15(27,28)12(20,21)8(16)17/h7-8H,4-6H2,1-3H3. The van der Waals surface area contributed by atoms with Crippen LogP contribution in [0.3, 0.4) is 0 Å². The molecule has 1 atom stereocenters. The summed E-state index contributed by atoms with van der Waals surface area (Å²) in [5, 5.41) is 0. The van der Waals surface area contributed by atoms with Crippen LogP contribution in [0.1, 0.15) is 33.6 Å². The minimum Gasteiger partial charge on any atom is -0.465 e. The van der Waals surface area contributed by atoms with Crippen molar-refractivity contribution in [2.75, 3.05) is 6.61 Å². The summed E-state index contributed by atoms with van der Waals surface area (Å²) < 4.78 is 174. The molecule has 0 rings (SSSR count). The molecule has 1 unspecified atom stereocenters. The molecule has 0 aliphatic heterocycles. The molecular formula is C15H17F13O2. The fraction of sp³-hybridized carbons (Fsp3) is 0.933. The van der Waals surface area contributed by atoms with Crippen molar-refractivity contribution in [3.8, 4) is 0 Å². The van der Waals surface area contributed by atoms with Crippen molar-refractivity contribution in [3.63, 3.8) is 0 Å². The summed E-state index contributed by atoms with van der Waals surface area (Å²) in [7, 11) is 0. The van der Waals surface area contributed by atoms with Gasteiger partial charge >= 0.3 is 42.3 Å². The highest BCUT2D eigenvalue weighted by Crippen LogP contribution is 2.58. The molecule has 0 heterocycles. The third-order valence-corrected chi connectivity index (χ3v) is 4.41. The molecule has 0 fully saturated rings. The molecule has 0 aromatic heterocycles. The molecule has 0 amide bonds. The number of ether oxygens (including phenoxy) is 1. The van der Waals surface area contributed by atoms with E-state index in [-0.39, 0.29) is 6.42 Å². The summed E-state index contributed by atoms with van der Waals surface area (Å²) in [6, 6.07) is 0. The van der Waals surface area contributed by atoms with Gasteiger partial charge in [0.25, 0.3) is 0 Å². The zero-order valence-corrected chi connectivity index (χ0v) is 15.5. The van der Waals surface area contributed by atoms with Crippen LogP contribution in [0.25, 0.3) is 0 Å². The SMILES string of the molecule is CCC(C)(C)C(=O)OCCC(C(F)(F)F)C(F)(F)C(F)(F)C(F)(F)C(F)(F)C(F)F. The topological polar surface area (TPSA) is 26.3 Å². The number of esters is 1. The first-order chi connectivity index (χ1) is 13.0. The first-order valence-electron chi connectivity index (χ1n) is 8.05. The van der Waals surface area contributed by atoms with Gasteiger partial charge in [0.1, 0.15) is 5.92 Å². The Morgan fingerprint density at radius 2 is 1.20 bits per heavy atom. The van der Waals surface area contributed by atoms with E-state index in [9.17, 15) is 61.9 Å². The molecule has 0 aromatic carbocycles. The first-order valence-corrected chi connectivity index (χ1v) is 8.05. The minimum absolute atomic E-state index is 0.0533. The third kappa shape index (κ3) is 5.06. The van der Waals surface area contributed by atoms with E-state index < -0.39 is 66.6 Å². The highest BCUT2D eigenvalue weighted by Gasteiger charge is 2.85. The Kier molecular flexibility index (Phi) is 8.18. The fourth-order valence-corrected chi connectivity index (χ4v) is 1.93. The Morgan fingerprint density at radius 1 is 0.800 bits per heavy atom. The van der Waals surface area contributed by atoms with Gasteiger partial charge in [0.15, 0.2) is 0 Å². The maximum Gasteiger partial charge on any atom is 0.397 e. The monoisotopic (exact) mass is 476 g/mol. The van der Waals surface area contributed by atoms with Crippen molar-refractivity contribution in [2.24, 2.45) is 11.3 Å². The van der Waals surface area contributed by atoms with Crippen LogP contribution >= 0.6 is 0 Å². The Balaban J connectivity index is 5.95.